The molecule has 0 bridgehead atoms. The van der Waals surface area contributed by atoms with Gasteiger partial charge in [-0.25, -0.2) is 9.78 Å². The minimum atomic E-state index is -0.320. The fourth-order valence-corrected chi connectivity index (χ4v) is 9.33. The van der Waals surface area contributed by atoms with Crippen molar-refractivity contribution in [2.24, 2.45) is 46.3 Å². The Morgan fingerprint density at radius 1 is 1.08 bits per heavy atom. The van der Waals surface area contributed by atoms with Crippen LogP contribution in [0.5, 0.6) is 0 Å². The van der Waals surface area contributed by atoms with Crippen LogP contribution in [0, 0.1) is 46.3 Å². The smallest absolute Gasteiger partial charge is 0.357 e. The lowest BCUT2D eigenvalue weighted by Crippen LogP contribution is -2.56. The third kappa shape index (κ3) is 4.83. The number of ether oxygens (including phenoxy) is 1. The SMILES string of the molecule is CC(C)CCC[C@@H](C)[C@H]1CC[C@H]2[C@@H]3[C@H](OC(=O)c4ccccn4)CC4=CC(=O)CC[C@]4(C)[C@H]3CC[C@]12C. The summed E-state index contributed by atoms with van der Waals surface area (Å²) < 4.78 is 6.36. The van der Waals surface area contributed by atoms with Crippen LogP contribution < -0.4 is 0 Å². The molecule has 8 atom stereocenters. The first-order valence-corrected chi connectivity index (χ1v) is 15.0. The second kappa shape index (κ2) is 10.3. The van der Waals surface area contributed by atoms with Gasteiger partial charge in [0.15, 0.2) is 5.78 Å². The number of carbonyl (C=O) groups is 2. The molecule has 0 N–H and O–H groups in total. The van der Waals surface area contributed by atoms with Gasteiger partial charge in [0.25, 0.3) is 0 Å². The van der Waals surface area contributed by atoms with E-state index < -0.39 is 0 Å². The van der Waals surface area contributed by atoms with Crippen molar-refractivity contribution in [3.8, 4) is 0 Å². The lowest BCUT2D eigenvalue weighted by Gasteiger charge is -2.60. The largest absolute Gasteiger partial charge is 0.457 e. The van der Waals surface area contributed by atoms with Gasteiger partial charge in [0.05, 0.1) is 0 Å². The molecule has 37 heavy (non-hydrogen) atoms. The number of hydrogen-bond acceptors (Lipinski definition) is 4. The molecule has 202 valence electrons. The van der Waals surface area contributed by atoms with Gasteiger partial charge in [-0.2, -0.15) is 0 Å². The van der Waals surface area contributed by atoms with Gasteiger partial charge in [-0.3, -0.25) is 4.79 Å². The summed E-state index contributed by atoms with van der Waals surface area (Å²) in [4.78, 5) is 30.0. The maximum atomic E-state index is 13.2. The molecule has 1 aromatic heterocycles. The molecule has 4 nitrogen and oxygen atoms in total. The highest BCUT2D eigenvalue weighted by Gasteiger charge is 2.62. The van der Waals surface area contributed by atoms with Crippen molar-refractivity contribution in [2.45, 2.75) is 105 Å². The van der Waals surface area contributed by atoms with Crippen molar-refractivity contribution in [1.29, 1.82) is 0 Å². The van der Waals surface area contributed by atoms with Crippen molar-refractivity contribution < 1.29 is 14.3 Å². The highest BCUT2D eigenvalue weighted by Crippen LogP contribution is 2.68. The Hall–Kier alpha value is -1.97. The number of hydrogen-bond donors (Lipinski definition) is 0. The highest BCUT2D eigenvalue weighted by atomic mass is 16.5. The molecule has 0 radical (unpaired) electrons. The quantitative estimate of drug-likeness (QED) is 0.354. The van der Waals surface area contributed by atoms with Crippen LogP contribution in [0.1, 0.15) is 109 Å². The molecule has 4 aliphatic carbocycles. The minimum absolute atomic E-state index is 0.0504. The molecule has 0 spiro atoms. The molecular weight excluding hydrogens is 458 g/mol. The molecule has 3 fully saturated rings. The molecule has 0 aliphatic heterocycles. The van der Waals surface area contributed by atoms with Crippen LogP contribution in [0.25, 0.3) is 0 Å². The zero-order valence-corrected chi connectivity index (χ0v) is 23.7. The van der Waals surface area contributed by atoms with Crippen LogP contribution in [-0.4, -0.2) is 22.8 Å². The number of ketones is 1. The average molecular weight is 506 g/mol. The van der Waals surface area contributed by atoms with Crippen molar-refractivity contribution in [3.05, 3.63) is 41.7 Å². The van der Waals surface area contributed by atoms with E-state index in [-0.39, 0.29) is 23.3 Å². The number of pyridine rings is 1. The molecule has 0 aromatic carbocycles. The number of rotatable bonds is 7. The second-order valence-corrected chi connectivity index (χ2v) is 13.7. The van der Waals surface area contributed by atoms with Crippen molar-refractivity contribution in [2.75, 3.05) is 0 Å². The van der Waals surface area contributed by atoms with Gasteiger partial charge in [-0.15, -0.1) is 0 Å². The molecule has 5 rings (SSSR count). The van der Waals surface area contributed by atoms with Crippen LogP contribution in [0.15, 0.2) is 36.0 Å². The maximum Gasteiger partial charge on any atom is 0.357 e. The highest BCUT2D eigenvalue weighted by molar-refractivity contribution is 5.91. The lowest BCUT2D eigenvalue weighted by atomic mass is 9.45. The summed E-state index contributed by atoms with van der Waals surface area (Å²) in [7, 11) is 0. The van der Waals surface area contributed by atoms with E-state index in [9.17, 15) is 9.59 Å². The summed E-state index contributed by atoms with van der Waals surface area (Å²) in [5.74, 6) is 3.57. The molecule has 4 aliphatic rings. The average Bonchev–Trinajstić information content (AvgIpc) is 3.22. The predicted octanol–water partition coefficient (Wildman–Crippen LogP) is 7.83. The Balaban J connectivity index is 1.44. The van der Waals surface area contributed by atoms with Crippen LogP contribution in [0.2, 0.25) is 0 Å². The third-order valence-corrected chi connectivity index (χ3v) is 11.3. The third-order valence-electron chi connectivity index (χ3n) is 11.3. The predicted molar refractivity (Wildman–Crippen MR) is 147 cm³/mol. The fourth-order valence-electron chi connectivity index (χ4n) is 9.33. The lowest BCUT2D eigenvalue weighted by molar-refractivity contribution is -0.126. The van der Waals surface area contributed by atoms with Crippen LogP contribution in [-0.2, 0) is 9.53 Å². The zero-order valence-electron chi connectivity index (χ0n) is 23.7. The number of aromatic nitrogens is 1. The summed E-state index contributed by atoms with van der Waals surface area (Å²) in [6.07, 6.45) is 14.6. The van der Waals surface area contributed by atoms with Gasteiger partial charge in [-0.1, -0.05) is 65.5 Å². The van der Waals surface area contributed by atoms with Crippen molar-refractivity contribution >= 4 is 11.8 Å². The Kier molecular flexibility index (Phi) is 7.41. The van der Waals surface area contributed by atoms with Crippen molar-refractivity contribution in [3.63, 3.8) is 0 Å². The molecule has 4 heteroatoms. The molecule has 0 amide bonds. The summed E-state index contributed by atoms with van der Waals surface area (Å²) in [6, 6.07) is 5.41. The second-order valence-electron chi connectivity index (χ2n) is 13.7. The number of carbonyl (C=O) groups excluding carboxylic acids is 2. The molecular formula is C33H47NO3. The summed E-state index contributed by atoms with van der Waals surface area (Å²) in [6.45, 7) is 12.1. The summed E-state index contributed by atoms with van der Waals surface area (Å²) in [5.41, 5.74) is 1.96. The van der Waals surface area contributed by atoms with E-state index in [0.29, 0.717) is 41.7 Å². The van der Waals surface area contributed by atoms with Crippen LogP contribution in [0.4, 0.5) is 0 Å². The van der Waals surface area contributed by atoms with Gasteiger partial charge in [0.1, 0.15) is 11.8 Å². The van der Waals surface area contributed by atoms with E-state index in [0.717, 1.165) is 24.2 Å². The van der Waals surface area contributed by atoms with E-state index in [1.165, 1.54) is 50.5 Å². The summed E-state index contributed by atoms with van der Waals surface area (Å²) in [5, 5.41) is 0. The standard InChI is InChI=1S/C33H47NO3/c1-21(2)9-8-10-22(3)25-12-13-26-30-27(15-17-33(25,26)5)32(4)16-14-24(35)19-23(32)20-29(30)37-31(36)28-11-6-7-18-34-28/h6-7,11,18-19,21-22,25-27,29-30H,8-10,12-17,20H2,1-5H3/t22-,25-,26+,27+,29-,30+,32+,33-/m1/s1. The van der Waals surface area contributed by atoms with Gasteiger partial charge in [0.2, 0.25) is 0 Å². The first-order valence-electron chi connectivity index (χ1n) is 15.0. The number of nitrogens with zero attached hydrogens (tertiary/aromatic N) is 1. The van der Waals surface area contributed by atoms with E-state index >= 15 is 0 Å². The molecule has 0 unspecified atom stereocenters. The maximum absolute atomic E-state index is 13.2. The number of esters is 1. The first kappa shape index (κ1) is 26.6. The van der Waals surface area contributed by atoms with Gasteiger partial charge in [-0.05, 0) is 90.7 Å². The summed E-state index contributed by atoms with van der Waals surface area (Å²) >= 11 is 0. The number of fused-ring (bicyclic) bond motifs is 5. The topological polar surface area (TPSA) is 56.3 Å². The minimum Gasteiger partial charge on any atom is -0.457 e. The van der Waals surface area contributed by atoms with E-state index in [1.54, 1.807) is 12.3 Å². The van der Waals surface area contributed by atoms with Crippen LogP contribution >= 0.6 is 0 Å². The molecule has 1 aromatic rings. The fraction of sp³-hybridized carbons (Fsp3) is 0.727. The van der Waals surface area contributed by atoms with E-state index in [1.807, 2.05) is 18.2 Å². The first-order chi connectivity index (χ1) is 17.6. The van der Waals surface area contributed by atoms with Gasteiger partial charge in [0, 0.05) is 25.0 Å². The Morgan fingerprint density at radius 3 is 2.62 bits per heavy atom. The van der Waals surface area contributed by atoms with Crippen LogP contribution in [0.3, 0.4) is 0 Å². The van der Waals surface area contributed by atoms with Gasteiger partial charge >= 0.3 is 5.97 Å². The monoisotopic (exact) mass is 505 g/mol. The Morgan fingerprint density at radius 2 is 1.89 bits per heavy atom. The van der Waals surface area contributed by atoms with E-state index in [4.69, 9.17) is 4.74 Å². The van der Waals surface area contributed by atoms with Gasteiger partial charge < -0.3 is 4.74 Å². The normalized spacial score (nSPS) is 37.8. The molecule has 0 saturated heterocycles. The van der Waals surface area contributed by atoms with E-state index in [2.05, 4.69) is 39.6 Å². The molecule has 1 heterocycles. The zero-order chi connectivity index (χ0) is 26.4. The Labute approximate surface area is 224 Å². The Bertz CT molecular complexity index is 1030. The molecule has 3 saturated carbocycles. The van der Waals surface area contributed by atoms with Crippen molar-refractivity contribution in [1.82, 2.24) is 4.98 Å².